The molecule has 0 unspecified atom stereocenters. The van der Waals surface area contributed by atoms with Crippen molar-refractivity contribution in [2.24, 2.45) is 0 Å². The van der Waals surface area contributed by atoms with E-state index in [2.05, 4.69) is 10.3 Å². The number of aromatic nitrogens is 1. The van der Waals surface area contributed by atoms with Crippen molar-refractivity contribution in [1.82, 2.24) is 15.2 Å². The van der Waals surface area contributed by atoms with Gasteiger partial charge in [-0.3, -0.25) is 4.98 Å². The van der Waals surface area contributed by atoms with Crippen LogP contribution < -0.4 is 10.1 Å². The molecule has 2 rings (SSSR count). The van der Waals surface area contributed by atoms with Gasteiger partial charge >= 0.3 is 6.03 Å². The van der Waals surface area contributed by atoms with Crippen LogP contribution in [0.2, 0.25) is 0 Å². The highest BCUT2D eigenvalue weighted by Gasteiger charge is 2.25. The number of pyridine rings is 1. The van der Waals surface area contributed by atoms with Gasteiger partial charge in [-0.2, -0.15) is 0 Å². The third-order valence-electron chi connectivity index (χ3n) is 3.16. The lowest BCUT2D eigenvalue weighted by atomic mass is 10.1. The van der Waals surface area contributed by atoms with Gasteiger partial charge in [0.15, 0.2) is 0 Å². The summed E-state index contributed by atoms with van der Waals surface area (Å²) in [4.78, 5) is 17.9. The monoisotopic (exact) mass is 277 g/mol. The fraction of sp³-hybridized carbons (Fsp3) is 0.600. The van der Waals surface area contributed by atoms with Crippen LogP contribution >= 0.6 is 0 Å². The van der Waals surface area contributed by atoms with Gasteiger partial charge in [0.2, 0.25) is 0 Å². The number of hydrogen-bond acceptors (Lipinski definition) is 3. The van der Waals surface area contributed by atoms with E-state index < -0.39 is 0 Å². The highest BCUT2D eigenvalue weighted by Crippen LogP contribution is 2.18. The Hall–Kier alpha value is -1.78. The maximum Gasteiger partial charge on any atom is 0.317 e. The molecule has 0 radical (unpaired) electrons. The van der Waals surface area contributed by atoms with Gasteiger partial charge in [-0.05, 0) is 32.9 Å². The SMILES string of the molecule is CC(C)(C)NC(=O)N1CCC(Oc2ccncc2)CC1. The maximum absolute atomic E-state index is 12.0. The number of piperidine rings is 1. The first-order valence-corrected chi connectivity index (χ1v) is 7.08. The average Bonchev–Trinajstić information content (AvgIpc) is 2.39. The van der Waals surface area contributed by atoms with Crippen LogP contribution in [0.4, 0.5) is 4.79 Å². The van der Waals surface area contributed by atoms with Crippen LogP contribution in [0.15, 0.2) is 24.5 Å². The van der Waals surface area contributed by atoms with Crippen molar-refractivity contribution in [3.05, 3.63) is 24.5 Å². The molecule has 1 saturated heterocycles. The highest BCUT2D eigenvalue weighted by molar-refractivity contribution is 5.75. The molecule has 0 aromatic carbocycles. The van der Waals surface area contributed by atoms with E-state index in [0.717, 1.165) is 31.7 Å². The Morgan fingerprint density at radius 1 is 1.30 bits per heavy atom. The summed E-state index contributed by atoms with van der Waals surface area (Å²) >= 11 is 0. The third-order valence-corrected chi connectivity index (χ3v) is 3.16. The minimum atomic E-state index is -0.193. The second-order valence-electron chi connectivity index (χ2n) is 6.17. The van der Waals surface area contributed by atoms with Crippen molar-refractivity contribution in [3.63, 3.8) is 0 Å². The zero-order valence-electron chi connectivity index (χ0n) is 12.4. The molecule has 0 saturated carbocycles. The van der Waals surface area contributed by atoms with Crippen LogP contribution in [-0.4, -0.2) is 40.6 Å². The van der Waals surface area contributed by atoms with Gasteiger partial charge in [0.1, 0.15) is 11.9 Å². The lowest BCUT2D eigenvalue weighted by molar-refractivity contribution is 0.108. The Labute approximate surface area is 120 Å². The molecule has 1 N–H and O–H groups in total. The number of nitrogens with zero attached hydrogens (tertiary/aromatic N) is 2. The molecule has 1 aliphatic rings. The van der Waals surface area contributed by atoms with Gasteiger partial charge in [-0.15, -0.1) is 0 Å². The van der Waals surface area contributed by atoms with E-state index in [4.69, 9.17) is 4.74 Å². The van der Waals surface area contributed by atoms with Crippen molar-refractivity contribution in [2.45, 2.75) is 45.3 Å². The fourth-order valence-corrected chi connectivity index (χ4v) is 2.19. The minimum Gasteiger partial charge on any atom is -0.490 e. The van der Waals surface area contributed by atoms with Gasteiger partial charge < -0.3 is 15.0 Å². The third kappa shape index (κ3) is 4.40. The molecular formula is C15H23N3O2. The van der Waals surface area contributed by atoms with E-state index in [0.29, 0.717) is 0 Å². The number of rotatable bonds is 2. The number of amides is 2. The van der Waals surface area contributed by atoms with Crippen LogP contribution in [0.5, 0.6) is 5.75 Å². The summed E-state index contributed by atoms with van der Waals surface area (Å²) in [6, 6.07) is 3.73. The van der Waals surface area contributed by atoms with Crippen molar-refractivity contribution in [2.75, 3.05) is 13.1 Å². The lowest BCUT2D eigenvalue weighted by Gasteiger charge is -2.34. The minimum absolute atomic E-state index is 0.0138. The molecule has 5 nitrogen and oxygen atoms in total. The molecule has 5 heteroatoms. The van der Waals surface area contributed by atoms with E-state index in [1.54, 1.807) is 12.4 Å². The predicted molar refractivity (Wildman–Crippen MR) is 77.7 cm³/mol. The lowest BCUT2D eigenvalue weighted by Crippen LogP contribution is -2.51. The van der Waals surface area contributed by atoms with Crippen LogP contribution in [0.1, 0.15) is 33.6 Å². The van der Waals surface area contributed by atoms with Crippen LogP contribution in [0.3, 0.4) is 0 Å². The summed E-state index contributed by atoms with van der Waals surface area (Å²) < 4.78 is 5.89. The standard InChI is InChI=1S/C15H23N3O2/c1-15(2,3)17-14(19)18-10-6-13(7-11-18)20-12-4-8-16-9-5-12/h4-5,8-9,13H,6-7,10-11H2,1-3H3,(H,17,19). The molecule has 1 aliphatic heterocycles. The van der Waals surface area contributed by atoms with E-state index in [-0.39, 0.29) is 17.7 Å². The average molecular weight is 277 g/mol. The first-order valence-electron chi connectivity index (χ1n) is 7.08. The number of likely N-dealkylation sites (tertiary alicyclic amines) is 1. The number of carbonyl (C=O) groups excluding carboxylic acids is 1. The number of hydrogen-bond donors (Lipinski definition) is 1. The molecule has 0 bridgehead atoms. The van der Waals surface area contributed by atoms with Crippen LogP contribution in [0.25, 0.3) is 0 Å². The highest BCUT2D eigenvalue weighted by atomic mass is 16.5. The topological polar surface area (TPSA) is 54.5 Å². The normalized spacial score (nSPS) is 16.9. The first kappa shape index (κ1) is 14.6. The fourth-order valence-electron chi connectivity index (χ4n) is 2.19. The van der Waals surface area contributed by atoms with E-state index >= 15 is 0 Å². The maximum atomic E-state index is 12.0. The zero-order chi connectivity index (χ0) is 14.6. The molecule has 2 amide bonds. The molecule has 1 fully saturated rings. The predicted octanol–water partition coefficient (Wildman–Crippen LogP) is 2.43. The number of ether oxygens (including phenoxy) is 1. The molecular weight excluding hydrogens is 254 g/mol. The van der Waals surface area contributed by atoms with Gasteiger partial charge in [-0.25, -0.2) is 4.79 Å². The summed E-state index contributed by atoms with van der Waals surface area (Å²) in [6.07, 6.45) is 5.35. The summed E-state index contributed by atoms with van der Waals surface area (Å²) in [6.45, 7) is 7.44. The van der Waals surface area contributed by atoms with E-state index in [1.165, 1.54) is 0 Å². The first-order chi connectivity index (χ1) is 9.44. The summed E-state index contributed by atoms with van der Waals surface area (Å²) in [7, 11) is 0. The molecule has 1 aromatic rings. The van der Waals surface area contributed by atoms with Crippen molar-refractivity contribution < 1.29 is 9.53 Å². The van der Waals surface area contributed by atoms with Crippen molar-refractivity contribution in [1.29, 1.82) is 0 Å². The Kier molecular flexibility index (Phi) is 4.47. The van der Waals surface area contributed by atoms with E-state index in [1.807, 2.05) is 37.8 Å². The van der Waals surface area contributed by atoms with Gasteiger partial charge in [0.05, 0.1) is 0 Å². The number of nitrogens with one attached hydrogen (secondary N) is 1. The number of carbonyl (C=O) groups is 1. The Bertz CT molecular complexity index is 434. The molecule has 0 atom stereocenters. The summed E-state index contributed by atoms with van der Waals surface area (Å²) in [5.74, 6) is 0.845. The molecule has 110 valence electrons. The van der Waals surface area contributed by atoms with Gasteiger partial charge in [-0.1, -0.05) is 0 Å². The summed E-state index contributed by atoms with van der Waals surface area (Å²) in [5.41, 5.74) is -0.193. The quantitative estimate of drug-likeness (QED) is 0.903. The zero-order valence-corrected chi connectivity index (χ0v) is 12.4. The van der Waals surface area contributed by atoms with Crippen molar-refractivity contribution in [3.8, 4) is 5.75 Å². The second kappa shape index (κ2) is 6.11. The largest absolute Gasteiger partial charge is 0.490 e. The molecule has 2 heterocycles. The van der Waals surface area contributed by atoms with Crippen molar-refractivity contribution >= 4 is 6.03 Å². The molecule has 20 heavy (non-hydrogen) atoms. The number of urea groups is 1. The van der Waals surface area contributed by atoms with E-state index in [9.17, 15) is 4.79 Å². The van der Waals surface area contributed by atoms with Gasteiger partial charge in [0.25, 0.3) is 0 Å². The van der Waals surface area contributed by atoms with Crippen LogP contribution in [-0.2, 0) is 0 Å². The Morgan fingerprint density at radius 2 is 1.90 bits per heavy atom. The Morgan fingerprint density at radius 3 is 2.45 bits per heavy atom. The second-order valence-corrected chi connectivity index (χ2v) is 6.17. The molecule has 0 aliphatic carbocycles. The molecule has 0 spiro atoms. The van der Waals surface area contributed by atoms with Crippen LogP contribution in [0, 0.1) is 0 Å². The Balaban J connectivity index is 1.79. The van der Waals surface area contributed by atoms with Gasteiger partial charge in [0, 0.05) is 43.9 Å². The summed E-state index contributed by atoms with van der Waals surface area (Å²) in [5, 5.41) is 2.99. The smallest absolute Gasteiger partial charge is 0.317 e. The molecule has 1 aromatic heterocycles.